The number of likely N-dealkylation sites (tertiary alicyclic amines) is 1. The first-order valence-corrected chi connectivity index (χ1v) is 13.0. The van der Waals surface area contributed by atoms with Crippen LogP contribution in [0.3, 0.4) is 0 Å². The molecular formula is C23H23F3N4O5S2. The molecule has 1 aromatic heterocycles. The molecule has 9 nitrogen and oxygen atoms in total. The van der Waals surface area contributed by atoms with Crippen LogP contribution < -0.4 is 10.5 Å². The summed E-state index contributed by atoms with van der Waals surface area (Å²) in [5.41, 5.74) is 7.83. The van der Waals surface area contributed by atoms with Crippen molar-refractivity contribution in [3.63, 3.8) is 0 Å². The number of carboxylic acid groups (broad SMARTS) is 1. The summed E-state index contributed by atoms with van der Waals surface area (Å²) in [5.74, 6) is -2.71. The van der Waals surface area contributed by atoms with Crippen LogP contribution in [0.15, 0.2) is 63.8 Å². The minimum Gasteiger partial charge on any atom is -0.475 e. The van der Waals surface area contributed by atoms with E-state index >= 15 is 0 Å². The van der Waals surface area contributed by atoms with Crippen LogP contribution in [0.5, 0.6) is 0 Å². The predicted molar refractivity (Wildman–Crippen MR) is 133 cm³/mol. The lowest BCUT2D eigenvalue weighted by molar-refractivity contribution is -0.192. The number of rotatable bonds is 6. The van der Waals surface area contributed by atoms with Crippen LogP contribution >= 0.6 is 11.3 Å². The first-order chi connectivity index (χ1) is 17.3. The van der Waals surface area contributed by atoms with Crippen molar-refractivity contribution in [1.29, 1.82) is 0 Å². The third-order valence-corrected chi connectivity index (χ3v) is 8.28. The molecule has 0 bridgehead atoms. The number of nitrogens with two attached hydrogens (primary N) is 1. The number of nitrogens with zero attached hydrogens (tertiary/aromatic N) is 2. The van der Waals surface area contributed by atoms with E-state index in [4.69, 9.17) is 15.6 Å². The zero-order chi connectivity index (χ0) is 27.4. The number of hydrogen-bond donors (Lipinski definition) is 3. The van der Waals surface area contributed by atoms with Crippen LogP contribution in [0.4, 0.5) is 13.2 Å². The van der Waals surface area contributed by atoms with Gasteiger partial charge in [0.05, 0.1) is 0 Å². The number of aliphatic carboxylic acids is 1. The molecule has 4 rings (SSSR count). The van der Waals surface area contributed by atoms with E-state index in [0.717, 1.165) is 21.2 Å². The molecule has 4 N–H and O–H groups in total. The van der Waals surface area contributed by atoms with Gasteiger partial charge in [-0.3, -0.25) is 4.79 Å². The summed E-state index contributed by atoms with van der Waals surface area (Å²) >= 11 is 1.20. The minimum atomic E-state index is -5.08. The van der Waals surface area contributed by atoms with Crippen molar-refractivity contribution in [2.45, 2.75) is 29.8 Å². The molecule has 0 radical (unpaired) electrons. The molecule has 1 aliphatic rings. The number of amidine groups is 1. The largest absolute Gasteiger partial charge is 0.490 e. The summed E-state index contributed by atoms with van der Waals surface area (Å²) in [6, 6.07) is 15.9. The van der Waals surface area contributed by atoms with Gasteiger partial charge in [-0.15, -0.1) is 11.3 Å². The second-order valence-electron chi connectivity index (χ2n) is 8.02. The molecule has 2 heterocycles. The highest BCUT2D eigenvalue weighted by atomic mass is 32.2. The van der Waals surface area contributed by atoms with Gasteiger partial charge in [0.25, 0.3) is 10.0 Å². The Morgan fingerprint density at radius 3 is 2.49 bits per heavy atom. The predicted octanol–water partition coefficient (Wildman–Crippen LogP) is 3.09. The van der Waals surface area contributed by atoms with Crippen molar-refractivity contribution >= 4 is 49.2 Å². The van der Waals surface area contributed by atoms with Crippen LogP contribution in [0, 0.1) is 6.92 Å². The van der Waals surface area contributed by atoms with Gasteiger partial charge in [0.15, 0.2) is 0 Å². The number of hydrogen-bond acceptors (Lipinski definition) is 6. The molecule has 37 heavy (non-hydrogen) atoms. The fraction of sp³-hybridized carbons (Fsp3) is 0.261. The van der Waals surface area contributed by atoms with E-state index in [0.29, 0.717) is 18.8 Å². The van der Waals surface area contributed by atoms with Gasteiger partial charge in [0.1, 0.15) is 22.8 Å². The summed E-state index contributed by atoms with van der Waals surface area (Å²) in [5, 5.41) is 8.00. The Morgan fingerprint density at radius 2 is 1.86 bits per heavy atom. The number of alkyl halides is 3. The number of aryl methyl sites for hydroxylation is 1. The van der Waals surface area contributed by atoms with Gasteiger partial charge in [0, 0.05) is 16.8 Å². The molecule has 3 aromatic rings. The first-order valence-electron chi connectivity index (χ1n) is 10.7. The standard InChI is InChI=1S/C21H22N4O3S2.C2HF3O2/c1-14-7-8-16-12-19(29-18(16)11-14)30(27,28)24-17-9-10-25(21(17)26)13-23-20(22)15-5-3-2-4-6-15;3-2(4,5)1(6)7/h2-8,11-12,17,24H,9-10,13H2,1H3,(H2,22,23);(H,6,7)/t17-;/m0./s1. The second kappa shape index (κ2) is 11.3. The Kier molecular flexibility index (Phi) is 8.56. The van der Waals surface area contributed by atoms with Gasteiger partial charge in [-0.1, -0.05) is 42.5 Å². The van der Waals surface area contributed by atoms with E-state index in [1.165, 1.54) is 16.2 Å². The van der Waals surface area contributed by atoms with Crippen molar-refractivity contribution < 1.29 is 36.3 Å². The minimum absolute atomic E-state index is 0.0972. The van der Waals surface area contributed by atoms with Crippen molar-refractivity contribution in [3.8, 4) is 0 Å². The van der Waals surface area contributed by atoms with Crippen LogP contribution in [-0.4, -0.2) is 61.6 Å². The number of carbonyl (C=O) groups is 2. The number of carbonyl (C=O) groups excluding carboxylic acids is 1. The lowest BCUT2D eigenvalue weighted by Crippen LogP contribution is -2.41. The third kappa shape index (κ3) is 7.27. The normalized spacial score (nSPS) is 16.5. The zero-order valence-electron chi connectivity index (χ0n) is 19.4. The third-order valence-electron chi connectivity index (χ3n) is 5.24. The van der Waals surface area contributed by atoms with E-state index in [1.807, 2.05) is 55.5 Å². The number of aliphatic imine (C=N–C) groups is 1. The van der Waals surface area contributed by atoms with E-state index < -0.39 is 28.2 Å². The number of thiophene rings is 1. The molecular weight excluding hydrogens is 533 g/mol. The summed E-state index contributed by atoms with van der Waals surface area (Å²) < 4.78 is 61.1. The fourth-order valence-corrected chi connectivity index (χ4v) is 6.08. The van der Waals surface area contributed by atoms with Crippen LogP contribution in [0.2, 0.25) is 0 Å². The number of fused-ring (bicyclic) bond motifs is 1. The molecule has 0 saturated carbocycles. The summed E-state index contributed by atoms with van der Waals surface area (Å²) in [6.45, 7) is 2.48. The summed E-state index contributed by atoms with van der Waals surface area (Å²) in [7, 11) is -3.79. The zero-order valence-corrected chi connectivity index (χ0v) is 21.0. The summed E-state index contributed by atoms with van der Waals surface area (Å²) in [6.07, 6.45) is -4.69. The van der Waals surface area contributed by atoms with Gasteiger partial charge in [-0.05, 0) is 36.4 Å². The second-order valence-corrected chi connectivity index (χ2v) is 11.0. The highest BCUT2D eigenvalue weighted by Gasteiger charge is 2.38. The van der Waals surface area contributed by atoms with Gasteiger partial charge < -0.3 is 15.7 Å². The molecule has 14 heteroatoms. The molecule has 1 aliphatic heterocycles. The number of amides is 1. The smallest absolute Gasteiger partial charge is 0.475 e. The van der Waals surface area contributed by atoms with Crippen molar-refractivity contribution in [1.82, 2.24) is 9.62 Å². The Morgan fingerprint density at radius 1 is 1.22 bits per heavy atom. The van der Waals surface area contributed by atoms with Crippen molar-refractivity contribution in [2.75, 3.05) is 13.2 Å². The van der Waals surface area contributed by atoms with E-state index in [-0.39, 0.29) is 16.8 Å². The molecule has 0 aliphatic carbocycles. The first kappa shape index (κ1) is 28.1. The van der Waals surface area contributed by atoms with Crippen LogP contribution in [0.25, 0.3) is 10.1 Å². The molecule has 1 saturated heterocycles. The Balaban J connectivity index is 0.000000479. The Hall–Kier alpha value is -3.49. The highest BCUT2D eigenvalue weighted by Crippen LogP contribution is 2.30. The average Bonchev–Trinajstić information content (AvgIpc) is 3.41. The molecule has 1 fully saturated rings. The average molecular weight is 557 g/mol. The van der Waals surface area contributed by atoms with E-state index in [9.17, 15) is 26.4 Å². The number of sulfonamides is 1. The van der Waals surface area contributed by atoms with E-state index in [1.54, 1.807) is 6.07 Å². The maximum Gasteiger partial charge on any atom is 0.490 e. The topological polar surface area (TPSA) is 142 Å². The number of nitrogens with one attached hydrogen (secondary N) is 1. The van der Waals surface area contributed by atoms with Gasteiger partial charge in [0.2, 0.25) is 5.91 Å². The Labute approximate surface area is 214 Å². The SMILES string of the molecule is Cc1ccc2cc(S(=O)(=O)N[C@H]3CCN(CN=C(N)c4ccccc4)C3=O)sc2c1.O=C(O)C(F)(F)F. The molecule has 198 valence electrons. The van der Waals surface area contributed by atoms with Crippen LogP contribution in [0.1, 0.15) is 17.5 Å². The lowest BCUT2D eigenvalue weighted by Gasteiger charge is -2.15. The molecule has 1 amide bonds. The number of benzene rings is 2. The molecule has 0 spiro atoms. The molecule has 2 aromatic carbocycles. The van der Waals surface area contributed by atoms with Gasteiger partial charge >= 0.3 is 12.1 Å². The highest BCUT2D eigenvalue weighted by molar-refractivity contribution is 7.91. The maximum atomic E-state index is 12.8. The summed E-state index contributed by atoms with van der Waals surface area (Å²) in [4.78, 5) is 27.4. The van der Waals surface area contributed by atoms with Crippen molar-refractivity contribution in [3.05, 3.63) is 65.7 Å². The van der Waals surface area contributed by atoms with E-state index in [2.05, 4.69) is 9.71 Å². The monoisotopic (exact) mass is 556 g/mol. The quantitative estimate of drug-likeness (QED) is 0.315. The lowest BCUT2D eigenvalue weighted by atomic mass is 10.2. The molecule has 1 atom stereocenters. The van der Waals surface area contributed by atoms with Crippen molar-refractivity contribution in [2.24, 2.45) is 10.7 Å². The van der Waals surface area contributed by atoms with Crippen LogP contribution in [-0.2, 0) is 19.6 Å². The number of carboxylic acids is 1. The molecule has 0 unspecified atom stereocenters. The fourth-order valence-electron chi connectivity index (χ4n) is 3.34. The maximum absolute atomic E-state index is 12.8. The van der Waals surface area contributed by atoms with Gasteiger partial charge in [-0.25, -0.2) is 18.2 Å². The van der Waals surface area contributed by atoms with Gasteiger partial charge in [-0.2, -0.15) is 17.9 Å². The Bertz CT molecular complexity index is 1420. The number of halogens is 3.